The van der Waals surface area contributed by atoms with Crippen LogP contribution in [0, 0.1) is 5.92 Å². The van der Waals surface area contributed by atoms with Crippen LogP contribution in [-0.4, -0.2) is 47.3 Å². The van der Waals surface area contributed by atoms with E-state index in [9.17, 15) is 19.2 Å². The molecule has 7 nitrogen and oxygen atoms in total. The van der Waals surface area contributed by atoms with E-state index in [-0.39, 0.29) is 17.6 Å². The van der Waals surface area contributed by atoms with Crippen LogP contribution < -0.4 is 5.32 Å². The molecule has 1 heterocycles. The summed E-state index contributed by atoms with van der Waals surface area (Å²) in [4.78, 5) is 51.1. The van der Waals surface area contributed by atoms with Crippen LogP contribution in [0.2, 0.25) is 0 Å². The molecule has 0 radical (unpaired) electrons. The van der Waals surface area contributed by atoms with Crippen molar-refractivity contribution in [3.05, 3.63) is 34.9 Å². The first-order valence-corrected chi connectivity index (χ1v) is 10.8. The molecule has 2 atom stereocenters. The third kappa shape index (κ3) is 4.11. The summed E-state index contributed by atoms with van der Waals surface area (Å²) in [5.41, 5.74) is 1.57. The van der Waals surface area contributed by atoms with E-state index in [1.54, 1.807) is 0 Å². The number of aryl methyl sites for hydroxylation is 2. The minimum atomic E-state index is -0.915. The molecule has 7 heteroatoms. The molecule has 1 aromatic rings. The van der Waals surface area contributed by atoms with Crippen molar-refractivity contribution in [3.63, 3.8) is 0 Å². The number of urea groups is 1. The zero-order valence-corrected chi connectivity index (χ0v) is 18.0. The van der Waals surface area contributed by atoms with Crippen molar-refractivity contribution in [2.45, 2.75) is 64.8 Å². The highest BCUT2D eigenvalue weighted by Crippen LogP contribution is 2.38. The van der Waals surface area contributed by atoms with Gasteiger partial charge in [-0.25, -0.2) is 4.79 Å². The maximum absolute atomic E-state index is 12.9. The summed E-state index contributed by atoms with van der Waals surface area (Å²) in [6.07, 6.45) is 4.82. The number of hydrogen-bond donors (Lipinski definition) is 1. The van der Waals surface area contributed by atoms with Crippen LogP contribution in [0.25, 0.3) is 0 Å². The Morgan fingerprint density at radius 1 is 1.20 bits per heavy atom. The number of hydrogen-bond acceptors (Lipinski definition) is 5. The van der Waals surface area contributed by atoms with Crippen molar-refractivity contribution in [2.24, 2.45) is 5.92 Å². The quantitative estimate of drug-likeness (QED) is 0.421. The summed E-state index contributed by atoms with van der Waals surface area (Å²) in [5, 5.41) is 2.81. The number of esters is 1. The average molecular weight is 415 g/mol. The third-order valence-corrected chi connectivity index (χ3v) is 6.42. The molecule has 3 amide bonds. The van der Waals surface area contributed by atoms with E-state index in [1.807, 2.05) is 39.0 Å². The highest BCUT2D eigenvalue weighted by Gasteiger charge is 2.55. The SMILES string of the molecule is CCc1ccc(CC)c(C(=O)COC(=O)CN2C(=O)N[C@]3(CCCC[C@H]3C)C2=O)c1. The molecule has 1 saturated heterocycles. The Bertz CT molecular complexity index is 865. The van der Waals surface area contributed by atoms with Crippen molar-refractivity contribution < 1.29 is 23.9 Å². The van der Waals surface area contributed by atoms with E-state index in [2.05, 4.69) is 5.32 Å². The average Bonchev–Trinajstić information content (AvgIpc) is 2.98. The molecular formula is C23H30N2O5. The van der Waals surface area contributed by atoms with Gasteiger partial charge in [-0.1, -0.05) is 45.7 Å². The molecule has 1 aliphatic carbocycles. The van der Waals surface area contributed by atoms with Gasteiger partial charge in [-0.15, -0.1) is 0 Å². The lowest BCUT2D eigenvalue weighted by atomic mass is 9.73. The summed E-state index contributed by atoms with van der Waals surface area (Å²) >= 11 is 0. The maximum atomic E-state index is 12.9. The molecule has 3 rings (SSSR count). The Hall–Kier alpha value is -2.70. The van der Waals surface area contributed by atoms with Crippen LogP contribution in [0.5, 0.6) is 0 Å². The molecule has 1 spiro atoms. The lowest BCUT2D eigenvalue weighted by Gasteiger charge is -2.36. The van der Waals surface area contributed by atoms with Crippen LogP contribution in [0.1, 0.15) is 67.9 Å². The molecule has 2 fully saturated rings. The molecule has 0 bridgehead atoms. The molecule has 1 aliphatic heterocycles. The number of rotatable bonds is 7. The second-order valence-corrected chi connectivity index (χ2v) is 8.22. The Balaban J connectivity index is 1.62. The first kappa shape index (κ1) is 22.0. The lowest BCUT2D eigenvalue weighted by Crippen LogP contribution is -2.54. The minimum Gasteiger partial charge on any atom is -0.456 e. The van der Waals surface area contributed by atoms with Crippen molar-refractivity contribution >= 4 is 23.7 Å². The summed E-state index contributed by atoms with van der Waals surface area (Å²) < 4.78 is 5.13. The Labute approximate surface area is 177 Å². The topological polar surface area (TPSA) is 92.8 Å². The monoisotopic (exact) mass is 414 g/mol. The molecule has 1 aromatic carbocycles. The molecule has 1 N–H and O–H groups in total. The van der Waals surface area contributed by atoms with Gasteiger partial charge in [0.15, 0.2) is 6.61 Å². The molecule has 0 aromatic heterocycles. The van der Waals surface area contributed by atoms with Gasteiger partial charge in [-0.3, -0.25) is 19.3 Å². The summed E-state index contributed by atoms with van der Waals surface area (Å²) in [5.74, 6) is -1.40. The van der Waals surface area contributed by atoms with Crippen LogP contribution in [0.3, 0.4) is 0 Å². The van der Waals surface area contributed by atoms with Crippen molar-refractivity contribution in [1.82, 2.24) is 10.2 Å². The van der Waals surface area contributed by atoms with Gasteiger partial charge in [-0.2, -0.15) is 0 Å². The molecule has 1 saturated carbocycles. The van der Waals surface area contributed by atoms with Crippen molar-refractivity contribution in [1.29, 1.82) is 0 Å². The largest absolute Gasteiger partial charge is 0.456 e. The first-order valence-electron chi connectivity index (χ1n) is 10.8. The van der Waals surface area contributed by atoms with E-state index in [1.165, 1.54) is 0 Å². The van der Waals surface area contributed by atoms with Crippen LogP contribution in [0.15, 0.2) is 18.2 Å². The zero-order valence-electron chi connectivity index (χ0n) is 18.0. The minimum absolute atomic E-state index is 0.0172. The van der Waals surface area contributed by atoms with Gasteiger partial charge in [0.05, 0.1) is 0 Å². The number of nitrogens with one attached hydrogen (secondary N) is 1. The predicted molar refractivity (Wildman–Crippen MR) is 111 cm³/mol. The zero-order chi connectivity index (χ0) is 21.9. The van der Waals surface area contributed by atoms with Gasteiger partial charge in [0.2, 0.25) is 5.78 Å². The summed E-state index contributed by atoms with van der Waals surface area (Å²) in [6, 6.07) is 5.18. The van der Waals surface area contributed by atoms with Crippen molar-refractivity contribution in [3.8, 4) is 0 Å². The number of Topliss-reactive ketones (excluding diaryl/α,β-unsaturated/α-hetero) is 1. The highest BCUT2D eigenvalue weighted by atomic mass is 16.5. The van der Waals surface area contributed by atoms with E-state index in [4.69, 9.17) is 4.74 Å². The van der Waals surface area contributed by atoms with Gasteiger partial charge in [0.1, 0.15) is 12.1 Å². The van der Waals surface area contributed by atoms with E-state index >= 15 is 0 Å². The van der Waals surface area contributed by atoms with Gasteiger partial charge in [0.25, 0.3) is 5.91 Å². The molecule has 30 heavy (non-hydrogen) atoms. The van der Waals surface area contributed by atoms with Gasteiger partial charge >= 0.3 is 12.0 Å². The first-order chi connectivity index (χ1) is 14.3. The number of imide groups is 1. The number of benzene rings is 1. The third-order valence-electron chi connectivity index (χ3n) is 6.42. The normalized spacial score (nSPS) is 23.6. The number of ether oxygens (including phenoxy) is 1. The fraction of sp³-hybridized carbons (Fsp3) is 0.565. The molecule has 2 aliphatic rings. The lowest BCUT2D eigenvalue weighted by molar-refractivity contribution is -0.147. The Morgan fingerprint density at radius 2 is 1.97 bits per heavy atom. The van der Waals surface area contributed by atoms with Crippen LogP contribution in [0.4, 0.5) is 4.79 Å². The second kappa shape index (κ2) is 8.98. The number of ketones is 1. The van der Waals surface area contributed by atoms with Gasteiger partial charge in [0, 0.05) is 5.56 Å². The number of amides is 3. The van der Waals surface area contributed by atoms with Gasteiger partial charge in [-0.05, 0) is 48.8 Å². The molecule has 162 valence electrons. The molecule has 0 unspecified atom stereocenters. The van der Waals surface area contributed by atoms with E-state index in [0.29, 0.717) is 18.4 Å². The number of nitrogens with zero attached hydrogens (tertiary/aromatic N) is 1. The summed E-state index contributed by atoms with van der Waals surface area (Å²) in [6.45, 7) is 5.02. The van der Waals surface area contributed by atoms with E-state index in [0.717, 1.165) is 41.7 Å². The number of carbonyl (C=O) groups excluding carboxylic acids is 4. The van der Waals surface area contributed by atoms with Crippen LogP contribution >= 0.6 is 0 Å². The smallest absolute Gasteiger partial charge is 0.326 e. The van der Waals surface area contributed by atoms with Crippen LogP contribution in [-0.2, 0) is 27.2 Å². The number of carbonyl (C=O) groups is 4. The predicted octanol–water partition coefficient (Wildman–Crippen LogP) is 3.04. The Morgan fingerprint density at radius 3 is 2.63 bits per heavy atom. The maximum Gasteiger partial charge on any atom is 0.326 e. The standard InChI is InChI=1S/C23H30N2O5/c1-4-16-9-10-17(5-2)18(12-16)19(26)14-30-20(27)13-25-21(28)23(24-22(25)29)11-7-6-8-15(23)3/h9-10,12,15H,4-8,11,13-14H2,1-3H3,(H,24,29)/t15-,23+/m1/s1. The van der Waals surface area contributed by atoms with Crippen molar-refractivity contribution in [2.75, 3.05) is 13.2 Å². The molecular weight excluding hydrogens is 384 g/mol. The fourth-order valence-corrected chi connectivity index (χ4v) is 4.45. The Kier molecular flexibility index (Phi) is 6.58. The fourth-order valence-electron chi connectivity index (χ4n) is 4.45. The van der Waals surface area contributed by atoms with Gasteiger partial charge < -0.3 is 10.1 Å². The summed E-state index contributed by atoms with van der Waals surface area (Å²) in [7, 11) is 0. The second-order valence-electron chi connectivity index (χ2n) is 8.22. The van der Waals surface area contributed by atoms with E-state index < -0.39 is 30.7 Å². The highest BCUT2D eigenvalue weighted by molar-refractivity contribution is 6.09.